The van der Waals surface area contributed by atoms with Crippen LogP contribution in [0.15, 0.2) is 24.3 Å². The Labute approximate surface area is 103 Å². The second-order valence-corrected chi connectivity index (χ2v) is 4.17. The maximum Gasteiger partial charge on any atom is 0.335 e. The Morgan fingerprint density at radius 1 is 1.18 bits per heavy atom. The summed E-state index contributed by atoms with van der Waals surface area (Å²) in [7, 11) is 0. The number of benzene rings is 1. The second-order valence-electron chi connectivity index (χ2n) is 4.17. The van der Waals surface area contributed by atoms with Gasteiger partial charge in [0.25, 0.3) is 0 Å². The highest BCUT2D eigenvalue weighted by atomic mass is 16.4. The van der Waals surface area contributed by atoms with Crippen molar-refractivity contribution in [3.05, 3.63) is 35.4 Å². The Morgan fingerprint density at radius 2 is 1.76 bits per heavy atom. The van der Waals surface area contributed by atoms with Crippen molar-refractivity contribution in [1.29, 1.82) is 0 Å². The molecule has 0 aromatic heterocycles. The van der Waals surface area contributed by atoms with E-state index in [4.69, 9.17) is 5.11 Å². The van der Waals surface area contributed by atoms with Crippen LogP contribution in [0.4, 0.5) is 0 Å². The smallest absolute Gasteiger partial charge is 0.335 e. The van der Waals surface area contributed by atoms with Gasteiger partial charge in [-0.15, -0.1) is 0 Å². The molecule has 1 aliphatic heterocycles. The summed E-state index contributed by atoms with van der Waals surface area (Å²) >= 11 is 0. The summed E-state index contributed by atoms with van der Waals surface area (Å²) in [4.78, 5) is 10.4. The molecule has 1 saturated heterocycles. The van der Waals surface area contributed by atoms with Gasteiger partial charge in [-0.05, 0) is 50.0 Å². The second kappa shape index (κ2) is 7.85. The fourth-order valence-electron chi connectivity index (χ4n) is 1.68. The summed E-state index contributed by atoms with van der Waals surface area (Å²) in [5, 5.41) is 11.8. The Hall–Kier alpha value is -1.35. The molecule has 1 aromatic carbocycles. The van der Waals surface area contributed by atoms with Crippen molar-refractivity contribution < 1.29 is 9.90 Å². The molecule has 0 spiro atoms. The third-order valence-corrected chi connectivity index (χ3v) is 2.82. The van der Waals surface area contributed by atoms with E-state index in [-0.39, 0.29) is 0 Å². The van der Waals surface area contributed by atoms with Gasteiger partial charge >= 0.3 is 5.97 Å². The minimum Gasteiger partial charge on any atom is -0.478 e. The first kappa shape index (κ1) is 13.7. The first-order valence-electron chi connectivity index (χ1n) is 6.27. The van der Waals surface area contributed by atoms with Crippen molar-refractivity contribution in [3.63, 3.8) is 0 Å². The lowest BCUT2D eigenvalue weighted by Crippen LogP contribution is -2.21. The maximum atomic E-state index is 10.4. The first-order valence-corrected chi connectivity index (χ1v) is 6.27. The molecular weight excluding hydrogens is 214 g/mol. The van der Waals surface area contributed by atoms with Crippen LogP contribution in [-0.4, -0.2) is 24.2 Å². The topological polar surface area (TPSA) is 49.3 Å². The number of carboxylic acids is 1. The third kappa shape index (κ3) is 5.50. The predicted octanol–water partition coefficient (Wildman–Crippen LogP) is 2.71. The highest BCUT2D eigenvalue weighted by molar-refractivity contribution is 5.87. The molecule has 0 amide bonds. The predicted molar refractivity (Wildman–Crippen MR) is 69.5 cm³/mol. The minimum absolute atomic E-state index is 0.349. The van der Waals surface area contributed by atoms with Crippen molar-refractivity contribution in [2.75, 3.05) is 13.1 Å². The zero-order valence-electron chi connectivity index (χ0n) is 10.4. The Balaban J connectivity index is 0.000000202. The molecule has 0 atom stereocenters. The number of hydrogen-bond donors (Lipinski definition) is 2. The van der Waals surface area contributed by atoms with Gasteiger partial charge in [-0.2, -0.15) is 0 Å². The van der Waals surface area contributed by atoms with Gasteiger partial charge in [0, 0.05) is 0 Å². The SMILES string of the molecule is C1CCNCC1.CCc1ccc(C(=O)O)cc1. The number of aryl methyl sites for hydroxylation is 1. The first-order chi connectivity index (χ1) is 8.24. The highest BCUT2D eigenvalue weighted by Gasteiger charge is 1.99. The summed E-state index contributed by atoms with van der Waals surface area (Å²) in [6.45, 7) is 4.54. The molecule has 1 aromatic rings. The van der Waals surface area contributed by atoms with Gasteiger partial charge in [-0.3, -0.25) is 0 Å². The van der Waals surface area contributed by atoms with Crippen LogP contribution in [-0.2, 0) is 6.42 Å². The summed E-state index contributed by atoms with van der Waals surface area (Å²) < 4.78 is 0. The van der Waals surface area contributed by atoms with Crippen LogP contribution in [0.2, 0.25) is 0 Å². The zero-order valence-corrected chi connectivity index (χ0v) is 10.4. The van der Waals surface area contributed by atoms with Gasteiger partial charge < -0.3 is 10.4 Å². The largest absolute Gasteiger partial charge is 0.478 e. The Morgan fingerprint density at radius 3 is 2.06 bits per heavy atom. The lowest BCUT2D eigenvalue weighted by Gasteiger charge is -2.08. The number of carboxylic acid groups (broad SMARTS) is 1. The molecule has 3 nitrogen and oxygen atoms in total. The van der Waals surface area contributed by atoms with E-state index in [1.54, 1.807) is 12.1 Å². The van der Waals surface area contributed by atoms with E-state index in [0.717, 1.165) is 12.0 Å². The highest BCUT2D eigenvalue weighted by Crippen LogP contribution is 2.04. The van der Waals surface area contributed by atoms with Crippen LogP contribution in [0.1, 0.15) is 42.1 Å². The Kier molecular flexibility index (Phi) is 6.33. The van der Waals surface area contributed by atoms with Gasteiger partial charge in [-0.1, -0.05) is 25.5 Å². The number of carbonyl (C=O) groups is 1. The molecule has 1 aliphatic rings. The van der Waals surface area contributed by atoms with Crippen LogP contribution in [0.5, 0.6) is 0 Å². The zero-order chi connectivity index (χ0) is 12.5. The fourth-order valence-corrected chi connectivity index (χ4v) is 1.68. The molecule has 0 radical (unpaired) electrons. The molecule has 94 valence electrons. The summed E-state index contributed by atoms with van der Waals surface area (Å²) in [5.41, 5.74) is 1.51. The van der Waals surface area contributed by atoms with E-state index in [2.05, 4.69) is 5.32 Å². The quantitative estimate of drug-likeness (QED) is 0.828. The molecule has 3 heteroatoms. The third-order valence-electron chi connectivity index (χ3n) is 2.82. The average molecular weight is 235 g/mol. The van der Waals surface area contributed by atoms with E-state index in [1.165, 1.54) is 32.4 Å². The number of piperidine rings is 1. The van der Waals surface area contributed by atoms with Crippen molar-refractivity contribution in [1.82, 2.24) is 5.32 Å². The lowest BCUT2D eigenvalue weighted by molar-refractivity contribution is 0.0697. The molecular formula is C14H21NO2. The van der Waals surface area contributed by atoms with Crippen LogP contribution in [0, 0.1) is 0 Å². The van der Waals surface area contributed by atoms with Crippen LogP contribution >= 0.6 is 0 Å². The van der Waals surface area contributed by atoms with Crippen molar-refractivity contribution in [2.24, 2.45) is 0 Å². The monoisotopic (exact) mass is 235 g/mol. The molecule has 2 rings (SSSR count). The van der Waals surface area contributed by atoms with Crippen LogP contribution in [0.3, 0.4) is 0 Å². The van der Waals surface area contributed by atoms with E-state index >= 15 is 0 Å². The van der Waals surface area contributed by atoms with Crippen molar-refractivity contribution in [3.8, 4) is 0 Å². The van der Waals surface area contributed by atoms with Gasteiger partial charge in [0.15, 0.2) is 0 Å². The minimum atomic E-state index is -0.868. The summed E-state index contributed by atoms with van der Waals surface area (Å²) in [6, 6.07) is 6.93. The number of nitrogens with one attached hydrogen (secondary N) is 1. The summed E-state index contributed by atoms with van der Waals surface area (Å²) in [6.07, 6.45) is 5.16. The summed E-state index contributed by atoms with van der Waals surface area (Å²) in [5.74, 6) is -0.868. The molecule has 2 N–H and O–H groups in total. The van der Waals surface area contributed by atoms with Crippen LogP contribution < -0.4 is 5.32 Å². The molecule has 0 saturated carbocycles. The number of hydrogen-bond acceptors (Lipinski definition) is 2. The van der Waals surface area contributed by atoms with E-state index in [1.807, 2.05) is 19.1 Å². The normalized spacial score (nSPS) is 14.6. The molecule has 17 heavy (non-hydrogen) atoms. The van der Waals surface area contributed by atoms with Gasteiger partial charge in [0.2, 0.25) is 0 Å². The van der Waals surface area contributed by atoms with Gasteiger partial charge in [0.05, 0.1) is 5.56 Å². The maximum absolute atomic E-state index is 10.4. The molecule has 1 fully saturated rings. The average Bonchev–Trinajstić information content (AvgIpc) is 2.41. The number of aromatic carboxylic acids is 1. The van der Waals surface area contributed by atoms with Gasteiger partial charge in [-0.25, -0.2) is 4.79 Å². The standard InChI is InChI=1S/C9H10O2.C5H11N/c1-2-7-3-5-8(6-4-7)9(10)11;1-2-4-6-5-3-1/h3-6H,2H2,1H3,(H,10,11);6H,1-5H2. The molecule has 0 aliphatic carbocycles. The molecule has 1 heterocycles. The van der Waals surface area contributed by atoms with Gasteiger partial charge in [0.1, 0.15) is 0 Å². The van der Waals surface area contributed by atoms with E-state index in [0.29, 0.717) is 5.56 Å². The van der Waals surface area contributed by atoms with E-state index < -0.39 is 5.97 Å². The van der Waals surface area contributed by atoms with Crippen molar-refractivity contribution in [2.45, 2.75) is 32.6 Å². The lowest BCUT2D eigenvalue weighted by atomic mass is 10.1. The van der Waals surface area contributed by atoms with E-state index in [9.17, 15) is 4.79 Å². The van der Waals surface area contributed by atoms with Crippen molar-refractivity contribution >= 4 is 5.97 Å². The Bertz CT molecular complexity index is 317. The molecule has 0 unspecified atom stereocenters. The van der Waals surface area contributed by atoms with Crippen LogP contribution in [0.25, 0.3) is 0 Å². The molecule has 0 bridgehead atoms. The fraction of sp³-hybridized carbons (Fsp3) is 0.500. The number of rotatable bonds is 2.